The number of hydrogen-bond acceptors (Lipinski definition) is 1. The zero-order valence-corrected chi connectivity index (χ0v) is 11.7. The highest BCUT2D eigenvalue weighted by atomic mass is 79.9. The van der Waals surface area contributed by atoms with E-state index < -0.39 is 0 Å². The molecule has 1 aromatic carbocycles. The van der Waals surface area contributed by atoms with Crippen molar-refractivity contribution in [3.05, 3.63) is 33.8 Å². The first-order valence-electron chi connectivity index (χ1n) is 4.89. The zero-order chi connectivity index (χ0) is 11.3. The molecule has 0 saturated heterocycles. The summed E-state index contributed by atoms with van der Waals surface area (Å²) in [5.74, 6) is 0. The third-order valence-corrected chi connectivity index (χ3v) is 3.21. The van der Waals surface area contributed by atoms with Crippen molar-refractivity contribution >= 4 is 39.1 Å². The molecule has 0 aliphatic carbocycles. The van der Waals surface area contributed by atoms with Gasteiger partial charge in [-0.25, -0.2) is 0 Å². The molecular formula is C11H14BrCl2N. The van der Waals surface area contributed by atoms with Crippen LogP contribution in [0.3, 0.4) is 0 Å². The van der Waals surface area contributed by atoms with Gasteiger partial charge < -0.3 is 0 Å². The summed E-state index contributed by atoms with van der Waals surface area (Å²) in [4.78, 5) is 2.31. The van der Waals surface area contributed by atoms with Crippen LogP contribution in [0.1, 0.15) is 12.5 Å². The molecule has 0 spiro atoms. The van der Waals surface area contributed by atoms with Crippen LogP contribution >= 0.6 is 39.1 Å². The van der Waals surface area contributed by atoms with Gasteiger partial charge in [0.25, 0.3) is 0 Å². The van der Waals surface area contributed by atoms with E-state index in [-0.39, 0.29) is 0 Å². The van der Waals surface area contributed by atoms with Crippen molar-refractivity contribution in [2.75, 3.05) is 18.4 Å². The molecule has 84 valence electrons. The van der Waals surface area contributed by atoms with Crippen molar-refractivity contribution in [3.63, 3.8) is 0 Å². The van der Waals surface area contributed by atoms with Gasteiger partial charge in [-0.3, -0.25) is 4.90 Å². The second kappa shape index (κ2) is 6.74. The largest absolute Gasteiger partial charge is 0.298 e. The van der Waals surface area contributed by atoms with Crippen molar-refractivity contribution < 1.29 is 0 Å². The number of alkyl halides is 1. The normalized spacial score (nSPS) is 11.0. The van der Waals surface area contributed by atoms with Crippen molar-refractivity contribution in [2.24, 2.45) is 0 Å². The molecule has 0 N–H and O–H groups in total. The van der Waals surface area contributed by atoms with Gasteiger partial charge in [-0.15, -0.1) is 0 Å². The molecule has 0 aliphatic heterocycles. The van der Waals surface area contributed by atoms with E-state index in [1.807, 2.05) is 18.2 Å². The van der Waals surface area contributed by atoms with Gasteiger partial charge in [0, 0.05) is 28.5 Å². The predicted molar refractivity (Wildman–Crippen MR) is 71.2 cm³/mol. The summed E-state index contributed by atoms with van der Waals surface area (Å²) in [7, 11) is 0. The Hall–Kier alpha value is 0.240. The SMILES string of the molecule is CCN(CCBr)Cc1cc(Cl)ccc1Cl. The maximum Gasteiger partial charge on any atom is 0.0452 e. The van der Waals surface area contributed by atoms with Crippen LogP contribution in [0.4, 0.5) is 0 Å². The maximum atomic E-state index is 6.10. The van der Waals surface area contributed by atoms with Crippen LogP contribution < -0.4 is 0 Å². The lowest BCUT2D eigenvalue weighted by molar-refractivity contribution is 0.299. The van der Waals surface area contributed by atoms with Gasteiger partial charge >= 0.3 is 0 Å². The Balaban J connectivity index is 2.73. The molecule has 0 unspecified atom stereocenters. The van der Waals surface area contributed by atoms with E-state index in [9.17, 15) is 0 Å². The van der Waals surface area contributed by atoms with Gasteiger partial charge in [0.15, 0.2) is 0 Å². The minimum atomic E-state index is 0.740. The van der Waals surface area contributed by atoms with Gasteiger partial charge in [-0.2, -0.15) is 0 Å². The summed E-state index contributed by atoms with van der Waals surface area (Å²) < 4.78 is 0. The van der Waals surface area contributed by atoms with Gasteiger partial charge in [-0.1, -0.05) is 46.1 Å². The Labute approximate surface area is 109 Å². The Kier molecular flexibility index (Phi) is 5.98. The van der Waals surface area contributed by atoms with Crippen molar-refractivity contribution in [3.8, 4) is 0 Å². The van der Waals surface area contributed by atoms with Crippen LogP contribution in [0, 0.1) is 0 Å². The fourth-order valence-electron chi connectivity index (χ4n) is 1.37. The fraction of sp³-hybridized carbons (Fsp3) is 0.455. The van der Waals surface area contributed by atoms with Crippen molar-refractivity contribution in [1.29, 1.82) is 0 Å². The first-order chi connectivity index (χ1) is 7.17. The Morgan fingerprint density at radius 3 is 2.67 bits per heavy atom. The number of benzene rings is 1. The highest BCUT2D eigenvalue weighted by Gasteiger charge is 2.06. The van der Waals surface area contributed by atoms with E-state index in [0.717, 1.165) is 40.6 Å². The van der Waals surface area contributed by atoms with E-state index in [1.54, 1.807) is 0 Å². The van der Waals surface area contributed by atoms with Crippen LogP contribution in [-0.2, 0) is 6.54 Å². The molecule has 0 saturated carbocycles. The lowest BCUT2D eigenvalue weighted by atomic mass is 10.2. The lowest BCUT2D eigenvalue weighted by Crippen LogP contribution is -2.24. The molecule has 0 atom stereocenters. The highest BCUT2D eigenvalue weighted by molar-refractivity contribution is 9.09. The summed E-state index contributed by atoms with van der Waals surface area (Å²) in [6, 6.07) is 5.59. The zero-order valence-electron chi connectivity index (χ0n) is 8.64. The Morgan fingerprint density at radius 2 is 2.07 bits per heavy atom. The number of hydrogen-bond donors (Lipinski definition) is 0. The molecule has 4 heteroatoms. The minimum absolute atomic E-state index is 0.740. The molecule has 1 nitrogen and oxygen atoms in total. The van der Waals surface area contributed by atoms with E-state index in [4.69, 9.17) is 23.2 Å². The van der Waals surface area contributed by atoms with Crippen LogP contribution in [0.5, 0.6) is 0 Å². The summed E-state index contributed by atoms with van der Waals surface area (Å²) >= 11 is 15.5. The quantitative estimate of drug-likeness (QED) is 0.736. The molecule has 0 fully saturated rings. The van der Waals surface area contributed by atoms with Crippen LogP contribution in [-0.4, -0.2) is 23.3 Å². The summed E-state index contributed by atoms with van der Waals surface area (Å²) in [5, 5.41) is 2.50. The van der Waals surface area contributed by atoms with Gasteiger partial charge in [0.2, 0.25) is 0 Å². The molecule has 0 aliphatic rings. The third-order valence-electron chi connectivity index (χ3n) is 2.25. The van der Waals surface area contributed by atoms with E-state index in [2.05, 4.69) is 27.8 Å². The average molecular weight is 311 g/mol. The van der Waals surface area contributed by atoms with E-state index in [1.165, 1.54) is 0 Å². The number of nitrogens with zero attached hydrogens (tertiary/aromatic N) is 1. The summed E-state index contributed by atoms with van der Waals surface area (Å²) in [6.07, 6.45) is 0. The molecule has 0 amide bonds. The standard InChI is InChI=1S/C11H14BrCl2N/c1-2-15(6-5-12)8-9-7-10(13)3-4-11(9)14/h3-4,7H,2,5-6,8H2,1H3. The fourth-order valence-corrected chi connectivity index (χ4v) is 2.25. The topological polar surface area (TPSA) is 3.24 Å². The third kappa shape index (κ3) is 4.31. The first kappa shape index (κ1) is 13.3. The van der Waals surface area contributed by atoms with Gasteiger partial charge in [0.1, 0.15) is 0 Å². The summed E-state index contributed by atoms with van der Waals surface area (Å²) in [5.41, 5.74) is 1.09. The Bertz CT molecular complexity index is 317. The molecule has 0 bridgehead atoms. The van der Waals surface area contributed by atoms with Crippen molar-refractivity contribution in [2.45, 2.75) is 13.5 Å². The Morgan fingerprint density at radius 1 is 1.33 bits per heavy atom. The van der Waals surface area contributed by atoms with E-state index >= 15 is 0 Å². The predicted octanol–water partition coefficient (Wildman–Crippen LogP) is 4.21. The minimum Gasteiger partial charge on any atom is -0.298 e. The second-order valence-corrected chi connectivity index (χ2v) is 4.93. The smallest absolute Gasteiger partial charge is 0.0452 e. The lowest BCUT2D eigenvalue weighted by Gasteiger charge is -2.19. The van der Waals surface area contributed by atoms with Crippen LogP contribution in [0.15, 0.2) is 18.2 Å². The molecule has 0 radical (unpaired) electrons. The summed E-state index contributed by atoms with van der Waals surface area (Å²) in [6.45, 7) is 5.01. The molecule has 0 aromatic heterocycles. The molecular weight excluding hydrogens is 297 g/mol. The van der Waals surface area contributed by atoms with E-state index in [0.29, 0.717) is 0 Å². The molecule has 1 rings (SSSR count). The monoisotopic (exact) mass is 309 g/mol. The van der Waals surface area contributed by atoms with Gasteiger partial charge in [0.05, 0.1) is 0 Å². The number of halogens is 3. The van der Waals surface area contributed by atoms with Crippen LogP contribution in [0.2, 0.25) is 10.0 Å². The average Bonchev–Trinajstić information content (AvgIpc) is 2.22. The molecule has 1 aromatic rings. The second-order valence-electron chi connectivity index (χ2n) is 3.29. The number of rotatable bonds is 5. The van der Waals surface area contributed by atoms with Gasteiger partial charge in [-0.05, 0) is 30.3 Å². The molecule has 0 heterocycles. The first-order valence-corrected chi connectivity index (χ1v) is 6.77. The molecule has 15 heavy (non-hydrogen) atoms. The highest BCUT2D eigenvalue weighted by Crippen LogP contribution is 2.21. The van der Waals surface area contributed by atoms with Crippen LogP contribution in [0.25, 0.3) is 0 Å². The maximum absolute atomic E-state index is 6.10. The van der Waals surface area contributed by atoms with Crippen molar-refractivity contribution in [1.82, 2.24) is 4.90 Å².